The summed E-state index contributed by atoms with van der Waals surface area (Å²) in [6.07, 6.45) is 0. The third kappa shape index (κ3) is 3.56. The molecule has 0 aromatic heterocycles. The van der Waals surface area contributed by atoms with Crippen LogP contribution in [0.2, 0.25) is 0 Å². The fourth-order valence-corrected chi connectivity index (χ4v) is 1.07. The van der Waals surface area contributed by atoms with Crippen molar-refractivity contribution in [3.8, 4) is 0 Å². The highest BCUT2D eigenvalue weighted by molar-refractivity contribution is 6.76. The van der Waals surface area contributed by atoms with Crippen LogP contribution in [0.1, 0.15) is 10.4 Å². The molecule has 86 valence electrons. The van der Waals surface area contributed by atoms with Gasteiger partial charge in [-0.2, -0.15) is 0 Å². The maximum absolute atomic E-state index is 11.3. The minimum atomic E-state index is -2.08. The SMILES string of the molecule is O=C(O)c1cccc(NC(=O)C(Cl)(Cl)Cl)c1. The molecule has 1 aromatic rings. The highest BCUT2D eigenvalue weighted by Gasteiger charge is 2.30. The van der Waals surface area contributed by atoms with Crippen LogP contribution in [0.5, 0.6) is 0 Å². The zero-order chi connectivity index (χ0) is 12.3. The summed E-state index contributed by atoms with van der Waals surface area (Å²) in [5.41, 5.74) is 0.276. The van der Waals surface area contributed by atoms with Crippen LogP contribution < -0.4 is 5.32 Å². The van der Waals surface area contributed by atoms with Crippen LogP contribution >= 0.6 is 34.8 Å². The molecule has 4 nitrogen and oxygen atoms in total. The van der Waals surface area contributed by atoms with Gasteiger partial charge in [0.05, 0.1) is 5.56 Å². The van der Waals surface area contributed by atoms with Gasteiger partial charge in [-0.05, 0) is 18.2 Å². The van der Waals surface area contributed by atoms with Crippen LogP contribution in [0.3, 0.4) is 0 Å². The van der Waals surface area contributed by atoms with E-state index in [2.05, 4.69) is 5.32 Å². The molecule has 16 heavy (non-hydrogen) atoms. The molecule has 2 N–H and O–H groups in total. The Morgan fingerprint density at radius 3 is 2.38 bits per heavy atom. The summed E-state index contributed by atoms with van der Waals surface area (Å²) in [4.78, 5) is 21.9. The Labute approximate surface area is 106 Å². The summed E-state index contributed by atoms with van der Waals surface area (Å²) in [5.74, 6) is -1.95. The number of benzene rings is 1. The second-order valence-electron chi connectivity index (χ2n) is 2.84. The van der Waals surface area contributed by atoms with Gasteiger partial charge in [-0.1, -0.05) is 40.9 Å². The largest absolute Gasteiger partial charge is 0.478 e. The molecule has 1 aromatic carbocycles. The Morgan fingerprint density at radius 1 is 1.25 bits per heavy atom. The number of hydrogen-bond donors (Lipinski definition) is 2. The van der Waals surface area contributed by atoms with E-state index in [1.165, 1.54) is 24.3 Å². The van der Waals surface area contributed by atoms with Gasteiger partial charge in [0.25, 0.3) is 9.70 Å². The maximum Gasteiger partial charge on any atom is 0.335 e. The summed E-state index contributed by atoms with van der Waals surface area (Å²) in [5, 5.41) is 11.0. The number of amides is 1. The molecular weight excluding hydrogens is 276 g/mol. The van der Waals surface area contributed by atoms with Gasteiger partial charge in [-0.15, -0.1) is 0 Å². The third-order valence-electron chi connectivity index (χ3n) is 1.62. The predicted octanol–water partition coefficient (Wildman–Crippen LogP) is 2.69. The lowest BCUT2D eigenvalue weighted by atomic mass is 10.2. The zero-order valence-electron chi connectivity index (χ0n) is 7.71. The minimum absolute atomic E-state index is 0.0297. The van der Waals surface area contributed by atoms with Crippen molar-refractivity contribution >= 4 is 52.4 Å². The molecule has 1 amide bonds. The first-order valence-electron chi connectivity index (χ1n) is 4.02. The van der Waals surface area contributed by atoms with Crippen LogP contribution in [0.15, 0.2) is 24.3 Å². The van der Waals surface area contributed by atoms with E-state index in [0.717, 1.165) is 0 Å². The van der Waals surface area contributed by atoms with Gasteiger partial charge < -0.3 is 10.4 Å². The third-order valence-corrected chi connectivity index (χ3v) is 2.14. The Bertz CT molecular complexity index is 428. The van der Waals surface area contributed by atoms with Crippen molar-refractivity contribution < 1.29 is 14.7 Å². The van der Waals surface area contributed by atoms with Crippen molar-refractivity contribution in [2.75, 3.05) is 5.32 Å². The molecule has 0 saturated heterocycles. The summed E-state index contributed by atoms with van der Waals surface area (Å²) >= 11 is 16.0. The van der Waals surface area contributed by atoms with E-state index in [-0.39, 0.29) is 11.3 Å². The molecule has 0 fully saturated rings. The van der Waals surface area contributed by atoms with Gasteiger partial charge in [0, 0.05) is 5.69 Å². The average molecular weight is 283 g/mol. The normalized spacial score (nSPS) is 10.9. The van der Waals surface area contributed by atoms with Gasteiger partial charge >= 0.3 is 5.97 Å². The topological polar surface area (TPSA) is 66.4 Å². The highest BCUT2D eigenvalue weighted by Crippen LogP contribution is 2.27. The molecule has 0 saturated carbocycles. The summed E-state index contributed by atoms with van der Waals surface area (Å²) in [6, 6.07) is 5.60. The number of carboxylic acids is 1. The molecule has 0 bridgehead atoms. The van der Waals surface area contributed by atoms with Crippen LogP contribution in [0.4, 0.5) is 5.69 Å². The van der Waals surface area contributed by atoms with E-state index in [1.807, 2.05) is 0 Å². The number of carbonyl (C=O) groups is 2. The molecule has 0 radical (unpaired) electrons. The number of alkyl halides is 3. The monoisotopic (exact) mass is 281 g/mol. The highest BCUT2D eigenvalue weighted by atomic mass is 35.6. The molecule has 0 atom stereocenters. The van der Waals surface area contributed by atoms with Crippen LogP contribution in [0, 0.1) is 0 Å². The van der Waals surface area contributed by atoms with E-state index >= 15 is 0 Å². The van der Waals surface area contributed by atoms with E-state index in [1.54, 1.807) is 0 Å². The molecule has 0 aliphatic heterocycles. The Balaban J connectivity index is 2.87. The number of carboxylic acid groups (broad SMARTS) is 1. The lowest BCUT2D eigenvalue weighted by Crippen LogP contribution is -2.26. The van der Waals surface area contributed by atoms with Gasteiger partial charge in [0.2, 0.25) is 0 Å². The van der Waals surface area contributed by atoms with E-state index in [4.69, 9.17) is 39.9 Å². The van der Waals surface area contributed by atoms with E-state index in [0.29, 0.717) is 0 Å². The van der Waals surface area contributed by atoms with Crippen molar-refractivity contribution in [1.29, 1.82) is 0 Å². The number of rotatable bonds is 2. The summed E-state index contributed by atoms with van der Waals surface area (Å²) < 4.78 is -2.08. The molecule has 0 spiro atoms. The van der Waals surface area contributed by atoms with E-state index < -0.39 is 15.7 Å². The number of carbonyl (C=O) groups excluding carboxylic acids is 1. The molecule has 1 rings (SSSR count). The molecule has 7 heteroatoms. The van der Waals surface area contributed by atoms with Gasteiger partial charge in [0.1, 0.15) is 0 Å². The van der Waals surface area contributed by atoms with Crippen molar-refractivity contribution in [3.63, 3.8) is 0 Å². The minimum Gasteiger partial charge on any atom is -0.478 e. The predicted molar refractivity (Wildman–Crippen MR) is 62.3 cm³/mol. The second kappa shape index (κ2) is 4.91. The van der Waals surface area contributed by atoms with Crippen LogP contribution in [-0.2, 0) is 4.79 Å². The van der Waals surface area contributed by atoms with Crippen molar-refractivity contribution in [1.82, 2.24) is 0 Å². The molecule has 0 unspecified atom stereocenters. The smallest absolute Gasteiger partial charge is 0.335 e. The Kier molecular flexibility index (Phi) is 4.02. The fourth-order valence-electron chi connectivity index (χ4n) is 0.932. The molecular formula is C9H6Cl3NO3. The Morgan fingerprint density at radius 2 is 1.88 bits per heavy atom. The first kappa shape index (κ1) is 13.1. The number of anilines is 1. The first-order valence-corrected chi connectivity index (χ1v) is 5.15. The number of hydrogen-bond acceptors (Lipinski definition) is 2. The van der Waals surface area contributed by atoms with Crippen molar-refractivity contribution in [2.24, 2.45) is 0 Å². The lowest BCUT2D eigenvalue weighted by Gasteiger charge is -2.11. The average Bonchev–Trinajstić information content (AvgIpc) is 2.16. The second-order valence-corrected chi connectivity index (χ2v) is 5.12. The van der Waals surface area contributed by atoms with Crippen molar-refractivity contribution in [3.05, 3.63) is 29.8 Å². The van der Waals surface area contributed by atoms with E-state index in [9.17, 15) is 9.59 Å². The molecule has 0 aliphatic carbocycles. The number of nitrogens with one attached hydrogen (secondary N) is 1. The molecule has 0 heterocycles. The fraction of sp³-hybridized carbons (Fsp3) is 0.111. The zero-order valence-corrected chi connectivity index (χ0v) is 9.97. The quantitative estimate of drug-likeness (QED) is 0.820. The summed E-state index contributed by atoms with van der Waals surface area (Å²) in [7, 11) is 0. The van der Waals surface area contributed by atoms with Crippen LogP contribution in [0.25, 0.3) is 0 Å². The first-order chi connectivity index (χ1) is 7.30. The number of halogens is 3. The summed E-state index contributed by atoms with van der Waals surface area (Å²) in [6.45, 7) is 0. The van der Waals surface area contributed by atoms with Crippen molar-refractivity contribution in [2.45, 2.75) is 3.79 Å². The van der Waals surface area contributed by atoms with Gasteiger partial charge in [-0.3, -0.25) is 4.79 Å². The maximum atomic E-state index is 11.3. The van der Waals surface area contributed by atoms with Gasteiger partial charge in [0.15, 0.2) is 0 Å². The standard InChI is InChI=1S/C9H6Cl3NO3/c10-9(11,12)8(16)13-6-3-1-2-5(4-6)7(14)15/h1-4H,(H,13,16)(H,14,15). The number of aromatic carboxylic acids is 1. The van der Waals surface area contributed by atoms with Crippen LogP contribution in [-0.4, -0.2) is 20.8 Å². The lowest BCUT2D eigenvalue weighted by molar-refractivity contribution is -0.115. The van der Waals surface area contributed by atoms with Gasteiger partial charge in [-0.25, -0.2) is 4.79 Å². The molecule has 0 aliphatic rings. The Hall–Kier alpha value is -0.970.